The van der Waals surface area contributed by atoms with Gasteiger partial charge < -0.3 is 77.7 Å². The normalized spacial score (nSPS) is 29.2. The van der Waals surface area contributed by atoms with Gasteiger partial charge in [-0.25, -0.2) is 4.90 Å². The zero-order valence-corrected chi connectivity index (χ0v) is 41.3. The Bertz CT molecular complexity index is 2470. The molecule has 5 aliphatic heterocycles. The van der Waals surface area contributed by atoms with Gasteiger partial charge in [0.15, 0.2) is 6.04 Å². The Balaban J connectivity index is 1.66. The highest BCUT2D eigenvalue weighted by molar-refractivity contribution is 7.91. The largest absolute Gasteiger partial charge is 0.610 e. The quantitative estimate of drug-likeness (QED) is 0.0665. The van der Waals surface area contributed by atoms with E-state index in [-0.39, 0.29) is 52.9 Å². The van der Waals surface area contributed by atoms with Gasteiger partial charge in [-0.2, -0.15) is 0 Å². The van der Waals surface area contributed by atoms with Gasteiger partial charge in [-0.05, 0) is 37.3 Å². The SMILES string of the molecule is CC[C@H](C)[C@@H]1NC(=O)CNC(=O)C2Cc3c4[nH]c5cc(ccc35)OC(CCCCCC(=O)O)(C(=O)[C@H](CC(N)=O)NC(=O)C(C[S+]4[O-])NC(=O)CNC1=O)N1CC(O)C[C@H]1C(=O)N[C@@H]([C@@H](C)[C@@H](O)CO)C(=O)N2. The Morgan fingerprint density at radius 3 is 2.26 bits per heavy atom. The van der Waals surface area contributed by atoms with Gasteiger partial charge in [-0.1, -0.05) is 33.6 Å². The van der Waals surface area contributed by atoms with Gasteiger partial charge in [0.1, 0.15) is 35.7 Å². The molecule has 14 N–H and O–H groups in total. The molecule has 5 unspecified atom stereocenters. The van der Waals surface area contributed by atoms with Crippen LogP contribution in [0.25, 0.3) is 10.9 Å². The molecule has 6 heterocycles. The topological polar surface area (TPSA) is 413 Å². The number of hydrogen-bond acceptors (Lipinski definition) is 16. The van der Waals surface area contributed by atoms with Crippen LogP contribution in [0.3, 0.4) is 0 Å². The first-order valence-corrected chi connectivity index (χ1v) is 25.4. The number of fused-ring (bicyclic) bond motifs is 7. The Hall–Kier alpha value is -6.39. The van der Waals surface area contributed by atoms with Crippen molar-refractivity contribution in [1.82, 2.24) is 47.1 Å². The number of nitrogens with zero attached hydrogens (tertiary/aromatic N) is 1. The summed E-state index contributed by atoms with van der Waals surface area (Å²) < 4.78 is 21.6. The second-order valence-corrected chi connectivity index (χ2v) is 20.4. The van der Waals surface area contributed by atoms with Gasteiger partial charge >= 0.3 is 5.97 Å². The summed E-state index contributed by atoms with van der Waals surface area (Å²) >= 11 is -2.38. The van der Waals surface area contributed by atoms with Crippen molar-refractivity contribution >= 4 is 81.1 Å². The molecule has 0 saturated carbocycles. The smallest absolute Gasteiger partial charge is 0.303 e. The number of ketones is 1. The number of aromatic amines is 1. The molecule has 8 amide bonds. The lowest BCUT2D eigenvalue weighted by atomic mass is 9.89. The fraction of sp³-hybridized carbons (Fsp3) is 0.609. The first-order chi connectivity index (χ1) is 34.6. The van der Waals surface area contributed by atoms with E-state index in [2.05, 4.69) is 42.2 Å². The van der Waals surface area contributed by atoms with Crippen molar-refractivity contribution in [2.75, 3.05) is 32.0 Å². The van der Waals surface area contributed by atoms with Crippen molar-refractivity contribution in [3.05, 3.63) is 23.8 Å². The number of carbonyl (C=O) groups excluding carboxylic acids is 9. The number of H-pyrrole nitrogens is 1. The highest BCUT2D eigenvalue weighted by Crippen LogP contribution is 2.39. The van der Waals surface area contributed by atoms with Crippen LogP contribution in [0.15, 0.2) is 23.2 Å². The fourth-order valence-corrected chi connectivity index (χ4v) is 11.0. The number of carboxylic acids is 1. The van der Waals surface area contributed by atoms with E-state index in [0.717, 1.165) is 0 Å². The molecule has 8 bridgehead atoms. The molecule has 1 aromatic heterocycles. The maximum absolute atomic E-state index is 15.8. The lowest BCUT2D eigenvalue weighted by molar-refractivity contribution is -0.166. The standard InChI is InChI=1S/C46H64N10O16S/c1-4-21(2)37-43(69)49-16-34(61)50-30-20-73(71)45-26-14-29(40(66)48-17-35(62)54-37)52-44(70)38(22(3)32(59)19-57)55-42(68)31-12-23(58)18-56(31)46(11-7-5-6-8-36(63)64,39(65)28(15-33(47)60)51-41(30)67)72-24-9-10-25(26)27(13-24)53-45/h9-10,13,21-23,28-32,37-38,53,57-59H,4-8,11-12,14-20H2,1-3H3,(H2,47,60)(H,48,66)(H,49,69)(H,50,61)(H,51,67)(H,52,70)(H,54,62)(H,55,68)(H,63,64)/t21-,22-,23?,28-,29?,30?,31-,32-,37-,38-,46?,73?/m0/s1. The summed E-state index contributed by atoms with van der Waals surface area (Å²) in [4.78, 5) is 144. The van der Waals surface area contributed by atoms with Gasteiger partial charge in [0.2, 0.25) is 63.8 Å². The average molecular weight is 1050 g/mol. The van der Waals surface area contributed by atoms with Gasteiger partial charge in [0.25, 0.3) is 0 Å². The number of aliphatic carboxylic acids is 1. The molecular weight excluding hydrogens is 981 g/mol. The number of carbonyl (C=O) groups is 10. The van der Waals surface area contributed by atoms with Crippen LogP contribution in [0.1, 0.15) is 77.7 Å². The Morgan fingerprint density at radius 1 is 0.890 bits per heavy atom. The van der Waals surface area contributed by atoms with E-state index in [1.54, 1.807) is 13.8 Å². The van der Waals surface area contributed by atoms with Gasteiger partial charge in [0, 0.05) is 59.9 Å². The molecule has 0 aliphatic carbocycles. The van der Waals surface area contributed by atoms with Crippen LogP contribution in [0.4, 0.5) is 0 Å². The molecule has 12 atom stereocenters. The van der Waals surface area contributed by atoms with Crippen LogP contribution in [0, 0.1) is 11.8 Å². The molecule has 5 aliphatic rings. The third kappa shape index (κ3) is 13.1. The zero-order valence-electron chi connectivity index (χ0n) is 40.5. The summed E-state index contributed by atoms with van der Waals surface area (Å²) in [5, 5.41) is 59.5. The van der Waals surface area contributed by atoms with Crippen molar-refractivity contribution < 1.29 is 77.7 Å². The Morgan fingerprint density at radius 2 is 1.59 bits per heavy atom. The molecule has 0 radical (unpaired) electrons. The predicted molar refractivity (Wildman–Crippen MR) is 255 cm³/mol. The fourth-order valence-electron chi connectivity index (χ4n) is 9.57. The highest BCUT2D eigenvalue weighted by atomic mass is 32.2. The van der Waals surface area contributed by atoms with E-state index in [1.165, 1.54) is 30.0 Å². The number of aliphatic hydroxyl groups excluding tert-OH is 3. The number of unbranched alkanes of at least 4 members (excludes halogenated alkanes) is 2. The molecule has 2 aromatic rings. The van der Waals surface area contributed by atoms with Crippen LogP contribution in [0.2, 0.25) is 0 Å². The molecule has 73 heavy (non-hydrogen) atoms. The number of carboxylic acid groups (broad SMARTS) is 1. The highest BCUT2D eigenvalue weighted by Gasteiger charge is 2.57. The minimum Gasteiger partial charge on any atom is -0.610 e. The summed E-state index contributed by atoms with van der Waals surface area (Å²) in [6.45, 7) is 1.76. The predicted octanol–water partition coefficient (Wildman–Crippen LogP) is -4.46. The summed E-state index contributed by atoms with van der Waals surface area (Å²) in [5.41, 5.74) is 3.51. The van der Waals surface area contributed by atoms with E-state index in [4.69, 9.17) is 10.5 Å². The molecule has 26 nitrogen and oxygen atoms in total. The molecule has 7 rings (SSSR count). The summed E-state index contributed by atoms with van der Waals surface area (Å²) in [5.74, 6) is -13.0. The summed E-state index contributed by atoms with van der Waals surface area (Å²) in [6.07, 6.45) is -5.00. The number of benzene rings is 1. The Labute approximate surface area is 421 Å². The second kappa shape index (κ2) is 24.1. The minimum absolute atomic E-state index is 0.00711. The van der Waals surface area contributed by atoms with E-state index in [1.807, 2.05) is 0 Å². The average Bonchev–Trinajstić information content (AvgIpc) is 3.92. The summed E-state index contributed by atoms with van der Waals surface area (Å²) in [6, 6.07) is -5.86. The number of rotatable bonds is 13. The van der Waals surface area contributed by atoms with E-state index < -0.39 is 194 Å². The third-order valence-corrected chi connectivity index (χ3v) is 15.2. The molecule has 1 fully saturated rings. The number of primary amides is 1. The van der Waals surface area contributed by atoms with E-state index in [9.17, 15) is 68.1 Å². The third-order valence-electron chi connectivity index (χ3n) is 13.8. The number of amides is 8. The molecule has 1 aromatic carbocycles. The maximum atomic E-state index is 15.8. The number of nitrogens with two attached hydrogens (primary N) is 1. The lowest BCUT2D eigenvalue weighted by Crippen LogP contribution is -2.68. The van der Waals surface area contributed by atoms with Gasteiger partial charge in [0.05, 0.1) is 49.9 Å². The van der Waals surface area contributed by atoms with Crippen LogP contribution in [-0.2, 0) is 65.5 Å². The van der Waals surface area contributed by atoms with Crippen molar-refractivity contribution in [2.24, 2.45) is 17.6 Å². The number of aliphatic hydroxyl groups is 3. The van der Waals surface area contributed by atoms with Crippen LogP contribution < -0.4 is 47.7 Å². The first-order valence-electron chi connectivity index (χ1n) is 24.1. The van der Waals surface area contributed by atoms with Crippen LogP contribution >= 0.6 is 0 Å². The van der Waals surface area contributed by atoms with Crippen molar-refractivity contribution in [2.45, 2.75) is 138 Å². The minimum atomic E-state index is -2.48. The molecular formula is C46H64N10O16S. The first kappa shape index (κ1) is 55.9. The number of hydrogen-bond donors (Lipinski definition) is 13. The van der Waals surface area contributed by atoms with Crippen molar-refractivity contribution in [3.8, 4) is 5.75 Å². The van der Waals surface area contributed by atoms with Crippen LogP contribution in [0.5, 0.6) is 5.75 Å². The van der Waals surface area contributed by atoms with Gasteiger partial charge in [-0.15, -0.1) is 0 Å². The van der Waals surface area contributed by atoms with Gasteiger partial charge in [-0.3, -0.25) is 47.9 Å². The molecule has 1 saturated heterocycles. The number of nitrogens with one attached hydrogen (secondary N) is 8. The van der Waals surface area contributed by atoms with E-state index in [0.29, 0.717) is 6.42 Å². The van der Waals surface area contributed by atoms with Crippen LogP contribution in [-0.4, -0.2) is 180 Å². The lowest BCUT2D eigenvalue weighted by Gasteiger charge is -2.45. The van der Waals surface area contributed by atoms with Crippen molar-refractivity contribution in [1.29, 1.82) is 0 Å². The maximum Gasteiger partial charge on any atom is 0.303 e. The van der Waals surface area contributed by atoms with Crippen molar-refractivity contribution in [3.63, 3.8) is 0 Å². The molecule has 27 heteroatoms. The Kier molecular flexibility index (Phi) is 18.5. The number of aromatic nitrogens is 1. The number of Topliss-reactive ketones (excluding diaryl/α,β-unsaturated/α-hetero) is 1. The number of ether oxygens (including phenoxy) is 1. The van der Waals surface area contributed by atoms with E-state index >= 15 is 4.79 Å². The molecule has 400 valence electrons. The summed E-state index contributed by atoms with van der Waals surface area (Å²) in [7, 11) is 0. The molecule has 0 spiro atoms. The monoisotopic (exact) mass is 1040 g/mol. The second-order valence-electron chi connectivity index (χ2n) is 19.0. The zero-order chi connectivity index (χ0) is 53.5.